The molecule has 0 fully saturated rings. The lowest BCUT2D eigenvalue weighted by molar-refractivity contribution is -0.133. The lowest BCUT2D eigenvalue weighted by Crippen LogP contribution is -2.13. The van der Waals surface area contributed by atoms with E-state index in [0.717, 1.165) is 0 Å². The summed E-state index contributed by atoms with van der Waals surface area (Å²) < 4.78 is 18.6. The minimum absolute atomic E-state index is 0.0814. The van der Waals surface area contributed by atoms with Gasteiger partial charge in [0.15, 0.2) is 0 Å². The maximum atomic E-state index is 13.5. The predicted molar refractivity (Wildman–Crippen MR) is 75.7 cm³/mol. The molecule has 0 bridgehead atoms. The predicted octanol–water partition coefficient (Wildman–Crippen LogP) is 2.73. The van der Waals surface area contributed by atoms with E-state index in [-0.39, 0.29) is 22.8 Å². The highest BCUT2D eigenvalue weighted by Gasteiger charge is 2.13. The summed E-state index contributed by atoms with van der Waals surface area (Å²) in [6, 6.07) is 9.89. The molecule has 2 aromatic carbocycles. The second-order valence-corrected chi connectivity index (χ2v) is 4.65. The summed E-state index contributed by atoms with van der Waals surface area (Å²) in [5, 5.41) is 0.163. The molecule has 6 heteroatoms. The SMILES string of the molecule is NC(=O)c1ccc(OC(=O)Cc2c(F)cccc2Cl)cc1. The number of carbonyl (C=O) groups excluding carboxylic acids is 2. The molecule has 0 saturated carbocycles. The van der Waals surface area contributed by atoms with Crippen LogP contribution in [0.1, 0.15) is 15.9 Å². The highest BCUT2D eigenvalue weighted by molar-refractivity contribution is 6.31. The Kier molecular flexibility index (Phi) is 4.55. The van der Waals surface area contributed by atoms with Gasteiger partial charge in [-0.05, 0) is 36.4 Å². The highest BCUT2D eigenvalue weighted by atomic mass is 35.5. The van der Waals surface area contributed by atoms with Crippen molar-refractivity contribution in [2.24, 2.45) is 5.73 Å². The maximum Gasteiger partial charge on any atom is 0.315 e. The molecule has 0 aliphatic carbocycles. The normalized spacial score (nSPS) is 10.2. The summed E-state index contributed by atoms with van der Waals surface area (Å²) in [4.78, 5) is 22.7. The fourth-order valence-electron chi connectivity index (χ4n) is 1.70. The summed E-state index contributed by atoms with van der Waals surface area (Å²) in [7, 11) is 0. The number of esters is 1. The molecular formula is C15H11ClFNO3. The van der Waals surface area contributed by atoms with Gasteiger partial charge in [-0.15, -0.1) is 0 Å². The van der Waals surface area contributed by atoms with Crippen LogP contribution in [0.25, 0.3) is 0 Å². The van der Waals surface area contributed by atoms with E-state index in [0.29, 0.717) is 5.56 Å². The third-order valence-corrected chi connectivity index (χ3v) is 3.11. The van der Waals surface area contributed by atoms with Crippen LogP contribution in [0.15, 0.2) is 42.5 Å². The summed E-state index contributed by atoms with van der Waals surface area (Å²) in [5.74, 6) is -1.57. The second-order valence-electron chi connectivity index (χ2n) is 4.24. The van der Waals surface area contributed by atoms with E-state index in [4.69, 9.17) is 22.1 Å². The molecule has 4 nitrogen and oxygen atoms in total. The summed E-state index contributed by atoms with van der Waals surface area (Å²) in [6.07, 6.45) is -0.289. The van der Waals surface area contributed by atoms with Crippen LogP contribution in [0.3, 0.4) is 0 Å². The minimum atomic E-state index is -0.658. The van der Waals surface area contributed by atoms with Gasteiger partial charge in [-0.1, -0.05) is 17.7 Å². The number of primary amides is 1. The number of benzene rings is 2. The number of halogens is 2. The van der Waals surface area contributed by atoms with E-state index in [1.165, 1.54) is 42.5 Å². The van der Waals surface area contributed by atoms with Crippen molar-refractivity contribution in [3.63, 3.8) is 0 Å². The average molecular weight is 308 g/mol. The number of nitrogens with two attached hydrogens (primary N) is 1. The first-order valence-electron chi connectivity index (χ1n) is 6.01. The van der Waals surface area contributed by atoms with E-state index < -0.39 is 17.7 Å². The molecule has 0 aromatic heterocycles. The fourth-order valence-corrected chi connectivity index (χ4v) is 1.93. The molecule has 0 unspecified atom stereocenters. The summed E-state index contributed by atoms with van der Waals surface area (Å²) >= 11 is 5.83. The zero-order chi connectivity index (χ0) is 15.4. The highest BCUT2D eigenvalue weighted by Crippen LogP contribution is 2.20. The molecule has 0 radical (unpaired) electrons. The maximum absolute atomic E-state index is 13.5. The molecule has 0 aliphatic rings. The van der Waals surface area contributed by atoms with Crippen molar-refractivity contribution in [1.29, 1.82) is 0 Å². The van der Waals surface area contributed by atoms with Crippen LogP contribution in [0.4, 0.5) is 4.39 Å². The Bertz CT molecular complexity index is 666. The largest absolute Gasteiger partial charge is 0.426 e. The third kappa shape index (κ3) is 3.79. The van der Waals surface area contributed by atoms with Gasteiger partial charge in [0.2, 0.25) is 5.91 Å². The molecule has 1 amide bonds. The monoisotopic (exact) mass is 307 g/mol. The second kappa shape index (κ2) is 6.37. The molecule has 0 aliphatic heterocycles. The number of carbonyl (C=O) groups is 2. The van der Waals surface area contributed by atoms with Crippen molar-refractivity contribution in [1.82, 2.24) is 0 Å². The molecule has 2 rings (SSSR count). The van der Waals surface area contributed by atoms with Gasteiger partial charge >= 0.3 is 5.97 Å². The van der Waals surface area contributed by atoms with Gasteiger partial charge in [0.1, 0.15) is 11.6 Å². The Labute approximate surface area is 125 Å². The van der Waals surface area contributed by atoms with E-state index >= 15 is 0 Å². The topological polar surface area (TPSA) is 69.4 Å². The molecule has 0 saturated heterocycles. The first kappa shape index (κ1) is 15.0. The number of hydrogen-bond acceptors (Lipinski definition) is 3. The quantitative estimate of drug-likeness (QED) is 0.697. The van der Waals surface area contributed by atoms with Crippen molar-refractivity contribution in [2.45, 2.75) is 6.42 Å². The van der Waals surface area contributed by atoms with E-state index in [1.807, 2.05) is 0 Å². The van der Waals surface area contributed by atoms with Crippen LogP contribution in [0.2, 0.25) is 5.02 Å². The number of ether oxygens (including phenoxy) is 1. The summed E-state index contributed by atoms with van der Waals surface area (Å²) in [6.45, 7) is 0. The fraction of sp³-hybridized carbons (Fsp3) is 0.0667. The molecule has 0 atom stereocenters. The zero-order valence-corrected chi connectivity index (χ0v) is 11.6. The lowest BCUT2D eigenvalue weighted by atomic mass is 10.1. The first-order valence-corrected chi connectivity index (χ1v) is 6.38. The van der Waals surface area contributed by atoms with Crippen molar-refractivity contribution < 1.29 is 18.7 Å². The number of rotatable bonds is 4. The molecular weight excluding hydrogens is 297 g/mol. The first-order chi connectivity index (χ1) is 9.97. The number of hydrogen-bond donors (Lipinski definition) is 1. The van der Waals surface area contributed by atoms with Crippen LogP contribution in [0.5, 0.6) is 5.75 Å². The van der Waals surface area contributed by atoms with Gasteiger partial charge < -0.3 is 10.5 Å². The Balaban J connectivity index is 2.06. The van der Waals surface area contributed by atoms with Gasteiger partial charge in [0.05, 0.1) is 6.42 Å². The molecule has 0 spiro atoms. The summed E-state index contributed by atoms with van der Waals surface area (Å²) in [5.41, 5.74) is 5.48. The smallest absolute Gasteiger partial charge is 0.315 e. The standard InChI is InChI=1S/C15H11ClFNO3/c16-12-2-1-3-13(17)11(12)8-14(19)21-10-6-4-9(5-7-10)15(18)20/h1-7H,8H2,(H2,18,20). The van der Waals surface area contributed by atoms with Crippen LogP contribution in [0, 0.1) is 5.82 Å². The Morgan fingerprint density at radius 2 is 1.81 bits per heavy atom. The van der Waals surface area contributed by atoms with Crippen LogP contribution in [-0.4, -0.2) is 11.9 Å². The molecule has 2 aromatic rings. The van der Waals surface area contributed by atoms with Crippen LogP contribution < -0.4 is 10.5 Å². The van der Waals surface area contributed by atoms with Crippen LogP contribution in [-0.2, 0) is 11.2 Å². The Hall–Kier alpha value is -2.40. The van der Waals surface area contributed by atoms with Crippen molar-refractivity contribution in [3.8, 4) is 5.75 Å². The van der Waals surface area contributed by atoms with E-state index in [2.05, 4.69) is 0 Å². The zero-order valence-electron chi connectivity index (χ0n) is 10.8. The third-order valence-electron chi connectivity index (χ3n) is 2.75. The number of amides is 1. The molecule has 108 valence electrons. The average Bonchev–Trinajstić information content (AvgIpc) is 2.43. The van der Waals surface area contributed by atoms with Crippen molar-refractivity contribution in [3.05, 3.63) is 64.4 Å². The van der Waals surface area contributed by atoms with Gasteiger partial charge in [0.25, 0.3) is 0 Å². The van der Waals surface area contributed by atoms with Crippen molar-refractivity contribution >= 4 is 23.5 Å². The Morgan fingerprint density at radius 1 is 1.14 bits per heavy atom. The minimum Gasteiger partial charge on any atom is -0.426 e. The molecule has 21 heavy (non-hydrogen) atoms. The van der Waals surface area contributed by atoms with Gasteiger partial charge in [-0.25, -0.2) is 4.39 Å². The lowest BCUT2D eigenvalue weighted by Gasteiger charge is -2.07. The molecule has 0 heterocycles. The van der Waals surface area contributed by atoms with Gasteiger partial charge in [-0.2, -0.15) is 0 Å². The van der Waals surface area contributed by atoms with Gasteiger partial charge in [-0.3, -0.25) is 9.59 Å². The van der Waals surface area contributed by atoms with Gasteiger partial charge in [0, 0.05) is 16.1 Å². The van der Waals surface area contributed by atoms with E-state index in [1.54, 1.807) is 0 Å². The Morgan fingerprint density at radius 3 is 2.38 bits per heavy atom. The van der Waals surface area contributed by atoms with Crippen molar-refractivity contribution in [2.75, 3.05) is 0 Å². The van der Waals surface area contributed by atoms with Crippen LogP contribution >= 0.6 is 11.6 Å². The molecule has 2 N–H and O–H groups in total. The van der Waals surface area contributed by atoms with E-state index in [9.17, 15) is 14.0 Å².